The molecule has 4 nitrogen and oxygen atoms in total. The van der Waals surface area contributed by atoms with Crippen LogP contribution in [0.3, 0.4) is 0 Å². The largest absolute Gasteiger partial charge is 0.493 e. The highest BCUT2D eigenvalue weighted by molar-refractivity contribution is 5.83. The topological polar surface area (TPSA) is 55.8 Å². The normalized spacial score (nSPS) is 17.3. The van der Waals surface area contributed by atoms with Gasteiger partial charge in [0.05, 0.1) is 19.6 Å². The van der Waals surface area contributed by atoms with Gasteiger partial charge < -0.3 is 14.6 Å². The second-order valence-corrected chi connectivity index (χ2v) is 5.74. The van der Waals surface area contributed by atoms with E-state index in [1.807, 2.05) is 0 Å². The van der Waals surface area contributed by atoms with Gasteiger partial charge in [0.25, 0.3) is 5.92 Å². The number of carboxylic acids is 1. The molecule has 22 heavy (non-hydrogen) atoms. The van der Waals surface area contributed by atoms with E-state index in [1.54, 1.807) is 0 Å². The van der Waals surface area contributed by atoms with E-state index in [2.05, 4.69) is 0 Å². The molecule has 0 atom stereocenters. The Labute approximate surface area is 128 Å². The summed E-state index contributed by atoms with van der Waals surface area (Å²) in [5.74, 6) is -3.80. The molecule has 1 aliphatic rings. The maximum Gasteiger partial charge on any atom is 0.314 e. The number of methoxy groups -OCH3 is 2. The third kappa shape index (κ3) is 2.62. The highest BCUT2D eigenvalue weighted by atomic mass is 19.3. The van der Waals surface area contributed by atoms with Crippen LogP contribution in [0, 0.1) is 0 Å². The molecule has 1 aliphatic carbocycles. The number of hydrogen-bond acceptors (Lipinski definition) is 3. The Morgan fingerprint density at radius 1 is 1.18 bits per heavy atom. The third-order valence-corrected chi connectivity index (χ3v) is 4.38. The van der Waals surface area contributed by atoms with E-state index >= 15 is 0 Å². The molecule has 0 unspecified atom stereocenters. The number of rotatable bonds is 5. The number of ether oxygens (including phenoxy) is 2. The van der Waals surface area contributed by atoms with Crippen molar-refractivity contribution in [3.05, 3.63) is 23.3 Å². The predicted octanol–water partition coefficient (Wildman–Crippen LogP) is 3.71. The average Bonchev–Trinajstić information content (AvgIpc) is 2.95. The first kappa shape index (κ1) is 16.5. The van der Waals surface area contributed by atoms with Gasteiger partial charge in [0, 0.05) is 12.5 Å². The van der Waals surface area contributed by atoms with Crippen LogP contribution in [0.2, 0.25) is 0 Å². The Balaban J connectivity index is 2.74. The van der Waals surface area contributed by atoms with Gasteiger partial charge in [0.1, 0.15) is 0 Å². The zero-order valence-corrected chi connectivity index (χ0v) is 12.9. The van der Waals surface area contributed by atoms with Crippen LogP contribution >= 0.6 is 0 Å². The van der Waals surface area contributed by atoms with E-state index in [0.29, 0.717) is 25.7 Å². The Bertz CT molecular complexity index is 572. The third-order valence-electron chi connectivity index (χ3n) is 4.38. The number of benzene rings is 1. The van der Waals surface area contributed by atoms with Crippen LogP contribution in [0.5, 0.6) is 11.5 Å². The molecule has 6 heteroatoms. The molecule has 1 aromatic carbocycles. The van der Waals surface area contributed by atoms with Crippen molar-refractivity contribution in [3.8, 4) is 11.5 Å². The fourth-order valence-corrected chi connectivity index (χ4v) is 3.22. The zero-order valence-electron chi connectivity index (χ0n) is 12.9. The first-order chi connectivity index (χ1) is 10.3. The lowest BCUT2D eigenvalue weighted by molar-refractivity contribution is -0.143. The summed E-state index contributed by atoms with van der Waals surface area (Å²) in [5, 5.41) is 9.68. The van der Waals surface area contributed by atoms with Crippen molar-refractivity contribution in [2.24, 2.45) is 0 Å². The first-order valence-corrected chi connectivity index (χ1v) is 7.14. The van der Waals surface area contributed by atoms with E-state index in [4.69, 9.17) is 9.47 Å². The highest BCUT2D eigenvalue weighted by Crippen LogP contribution is 2.49. The first-order valence-electron chi connectivity index (χ1n) is 7.14. The van der Waals surface area contributed by atoms with Crippen molar-refractivity contribution in [3.63, 3.8) is 0 Å². The number of alkyl halides is 2. The number of aliphatic carboxylic acids is 1. The Morgan fingerprint density at radius 3 is 2.09 bits per heavy atom. The molecule has 0 spiro atoms. The zero-order chi connectivity index (χ0) is 16.5. The van der Waals surface area contributed by atoms with Gasteiger partial charge in [-0.2, -0.15) is 0 Å². The molecule has 0 bridgehead atoms. The summed E-state index contributed by atoms with van der Waals surface area (Å²) in [4.78, 5) is 11.8. The molecule has 0 saturated heterocycles. The molecule has 0 aromatic heterocycles. The smallest absolute Gasteiger partial charge is 0.314 e. The molecule has 0 aliphatic heterocycles. The summed E-state index contributed by atoms with van der Waals surface area (Å²) in [6.45, 7) is 0.766. The van der Waals surface area contributed by atoms with Crippen molar-refractivity contribution in [1.29, 1.82) is 0 Å². The summed E-state index contributed by atoms with van der Waals surface area (Å²) in [5.41, 5.74) is -1.47. The monoisotopic (exact) mass is 314 g/mol. The van der Waals surface area contributed by atoms with E-state index in [0.717, 1.165) is 6.92 Å². The van der Waals surface area contributed by atoms with Crippen molar-refractivity contribution >= 4 is 5.97 Å². The Morgan fingerprint density at radius 2 is 1.68 bits per heavy atom. The van der Waals surface area contributed by atoms with Gasteiger partial charge in [-0.3, -0.25) is 4.79 Å². The standard InChI is InChI=1S/C16H20F2O4/c1-15(17,18)10-8-12(21-2)13(22-3)9-11(10)16(14(19)20)6-4-5-7-16/h8-9H,4-7H2,1-3H3,(H,19,20). The minimum Gasteiger partial charge on any atom is -0.493 e. The van der Waals surface area contributed by atoms with E-state index in [9.17, 15) is 18.7 Å². The van der Waals surface area contributed by atoms with Gasteiger partial charge in [0.2, 0.25) is 0 Å². The van der Waals surface area contributed by atoms with Crippen molar-refractivity contribution in [1.82, 2.24) is 0 Å². The molecule has 122 valence electrons. The second-order valence-electron chi connectivity index (χ2n) is 5.74. The lowest BCUT2D eigenvalue weighted by atomic mass is 9.75. The summed E-state index contributed by atoms with van der Waals surface area (Å²) in [6.07, 6.45) is 2.10. The molecule has 1 aromatic rings. The summed E-state index contributed by atoms with van der Waals surface area (Å²) in [6, 6.07) is 2.59. The number of carboxylic acid groups (broad SMARTS) is 1. The van der Waals surface area contributed by atoms with E-state index < -0.39 is 17.3 Å². The molecule has 2 rings (SSSR count). The summed E-state index contributed by atoms with van der Waals surface area (Å²) in [7, 11) is 2.76. The highest BCUT2D eigenvalue weighted by Gasteiger charge is 2.47. The van der Waals surface area contributed by atoms with Gasteiger partial charge in [0.15, 0.2) is 11.5 Å². The van der Waals surface area contributed by atoms with Gasteiger partial charge in [-0.1, -0.05) is 12.8 Å². The lowest BCUT2D eigenvalue weighted by Crippen LogP contribution is -2.35. The molecule has 0 radical (unpaired) electrons. The number of hydrogen-bond donors (Lipinski definition) is 1. The van der Waals surface area contributed by atoms with Crippen molar-refractivity contribution in [2.45, 2.75) is 43.9 Å². The fraction of sp³-hybridized carbons (Fsp3) is 0.562. The quantitative estimate of drug-likeness (QED) is 0.900. The van der Waals surface area contributed by atoms with E-state index in [1.165, 1.54) is 26.4 Å². The average molecular weight is 314 g/mol. The van der Waals surface area contributed by atoms with Crippen LogP contribution in [0.15, 0.2) is 12.1 Å². The van der Waals surface area contributed by atoms with E-state index in [-0.39, 0.29) is 22.6 Å². The molecule has 1 fully saturated rings. The van der Waals surface area contributed by atoms with Gasteiger partial charge >= 0.3 is 5.97 Å². The second kappa shape index (κ2) is 5.74. The minimum absolute atomic E-state index is 0.127. The Hall–Kier alpha value is -1.85. The van der Waals surface area contributed by atoms with Crippen LogP contribution in [0.1, 0.15) is 43.7 Å². The van der Waals surface area contributed by atoms with Crippen LogP contribution in [-0.4, -0.2) is 25.3 Å². The van der Waals surface area contributed by atoms with Crippen molar-refractivity contribution in [2.75, 3.05) is 14.2 Å². The molecular formula is C16H20F2O4. The predicted molar refractivity (Wildman–Crippen MR) is 76.9 cm³/mol. The van der Waals surface area contributed by atoms with Crippen molar-refractivity contribution < 1.29 is 28.2 Å². The maximum absolute atomic E-state index is 14.1. The van der Waals surface area contributed by atoms with Crippen LogP contribution in [-0.2, 0) is 16.1 Å². The summed E-state index contributed by atoms with van der Waals surface area (Å²) >= 11 is 0. The molecule has 0 amide bonds. The number of halogens is 2. The van der Waals surface area contributed by atoms with Gasteiger partial charge in [-0.15, -0.1) is 0 Å². The molecule has 0 heterocycles. The molecule has 1 saturated carbocycles. The lowest BCUT2D eigenvalue weighted by Gasteiger charge is -2.30. The van der Waals surface area contributed by atoms with Crippen LogP contribution < -0.4 is 9.47 Å². The molecular weight excluding hydrogens is 294 g/mol. The summed E-state index contributed by atoms with van der Waals surface area (Å²) < 4.78 is 38.4. The SMILES string of the molecule is COc1cc(C(C)(F)F)c(C2(C(=O)O)CCCC2)cc1OC. The van der Waals surface area contributed by atoms with Crippen LogP contribution in [0.4, 0.5) is 8.78 Å². The van der Waals surface area contributed by atoms with Gasteiger partial charge in [-0.05, 0) is 30.5 Å². The fourth-order valence-electron chi connectivity index (χ4n) is 3.22. The molecule has 1 N–H and O–H groups in total. The van der Waals surface area contributed by atoms with Crippen LogP contribution in [0.25, 0.3) is 0 Å². The minimum atomic E-state index is -3.17. The van der Waals surface area contributed by atoms with Gasteiger partial charge in [-0.25, -0.2) is 8.78 Å². The number of carbonyl (C=O) groups is 1. The Kier molecular flexibility index (Phi) is 4.31. The maximum atomic E-state index is 14.1.